The maximum absolute atomic E-state index is 2.54. The fraction of sp³-hybridized carbons (Fsp3) is 1.00. The second-order valence-electron chi connectivity index (χ2n) is 4.75. The fourth-order valence-electron chi connectivity index (χ4n) is 2.05. The van der Waals surface area contributed by atoms with Crippen LogP contribution in [0, 0.1) is 5.92 Å². The van der Waals surface area contributed by atoms with Crippen LogP contribution in [0.2, 0.25) is 0 Å². The molecule has 2 heteroatoms. The minimum atomic E-state index is 0.797. The van der Waals surface area contributed by atoms with Gasteiger partial charge in [-0.05, 0) is 25.9 Å². The van der Waals surface area contributed by atoms with Crippen molar-refractivity contribution < 1.29 is 0 Å². The molecule has 0 aromatic carbocycles. The van der Waals surface area contributed by atoms with Crippen LogP contribution in [0.1, 0.15) is 41.0 Å². The van der Waals surface area contributed by atoms with Gasteiger partial charge in [0, 0.05) is 25.7 Å². The van der Waals surface area contributed by atoms with Crippen molar-refractivity contribution in [3.8, 4) is 0 Å². The van der Waals surface area contributed by atoms with Gasteiger partial charge in [0.1, 0.15) is 0 Å². The Bertz CT molecular complexity index is 139. The topological polar surface area (TPSA) is 6.48 Å². The SMILES string of the molecule is CC.CCCN1CC(N(C)CC(C)C)C1. The Balaban J connectivity index is 0.000000921. The lowest BCUT2D eigenvalue weighted by Gasteiger charge is -2.44. The third-order valence-corrected chi connectivity index (χ3v) is 2.75. The molecule has 1 aliphatic heterocycles. The molecule has 0 amide bonds. The van der Waals surface area contributed by atoms with Crippen molar-refractivity contribution in [1.29, 1.82) is 0 Å². The first kappa shape index (κ1) is 14.9. The van der Waals surface area contributed by atoms with E-state index in [1.54, 1.807) is 0 Å². The predicted octanol–water partition coefficient (Wildman–Crippen LogP) is 2.69. The maximum Gasteiger partial charge on any atom is 0.0347 e. The Kier molecular flexibility index (Phi) is 8.07. The van der Waals surface area contributed by atoms with Crippen molar-refractivity contribution in [2.24, 2.45) is 5.92 Å². The van der Waals surface area contributed by atoms with Gasteiger partial charge in [-0.3, -0.25) is 0 Å². The summed E-state index contributed by atoms with van der Waals surface area (Å²) >= 11 is 0. The maximum atomic E-state index is 2.54. The second-order valence-corrected chi connectivity index (χ2v) is 4.75. The Morgan fingerprint density at radius 2 is 1.80 bits per heavy atom. The molecule has 92 valence electrons. The largest absolute Gasteiger partial charge is 0.301 e. The van der Waals surface area contributed by atoms with Crippen LogP contribution in [0.4, 0.5) is 0 Å². The first-order valence-corrected chi connectivity index (χ1v) is 6.56. The zero-order valence-electron chi connectivity index (χ0n) is 11.6. The molecular weight excluding hydrogens is 184 g/mol. The number of likely N-dealkylation sites (N-methyl/N-ethyl adjacent to an activating group) is 1. The van der Waals surface area contributed by atoms with E-state index < -0.39 is 0 Å². The lowest BCUT2D eigenvalue weighted by atomic mass is 10.1. The highest BCUT2D eigenvalue weighted by atomic mass is 15.3. The molecule has 0 unspecified atom stereocenters. The summed E-state index contributed by atoms with van der Waals surface area (Å²) in [6, 6.07) is 0.828. The molecule has 0 aromatic heterocycles. The number of hydrogen-bond donors (Lipinski definition) is 0. The highest BCUT2D eigenvalue weighted by Crippen LogP contribution is 2.14. The van der Waals surface area contributed by atoms with Gasteiger partial charge in [-0.1, -0.05) is 34.6 Å². The summed E-state index contributed by atoms with van der Waals surface area (Å²) in [4.78, 5) is 5.05. The molecule has 1 saturated heterocycles. The molecule has 0 bridgehead atoms. The van der Waals surface area contributed by atoms with Gasteiger partial charge in [-0.25, -0.2) is 0 Å². The summed E-state index contributed by atoms with van der Waals surface area (Å²) < 4.78 is 0. The normalized spacial score (nSPS) is 17.6. The van der Waals surface area contributed by atoms with E-state index >= 15 is 0 Å². The zero-order chi connectivity index (χ0) is 11.8. The Labute approximate surface area is 96.6 Å². The van der Waals surface area contributed by atoms with E-state index in [0.717, 1.165) is 12.0 Å². The van der Waals surface area contributed by atoms with Crippen LogP contribution in [0.25, 0.3) is 0 Å². The first-order valence-electron chi connectivity index (χ1n) is 6.56. The molecule has 1 heterocycles. The van der Waals surface area contributed by atoms with E-state index in [0.29, 0.717) is 0 Å². The molecule has 0 spiro atoms. The van der Waals surface area contributed by atoms with Crippen LogP contribution in [0.15, 0.2) is 0 Å². The van der Waals surface area contributed by atoms with Crippen molar-refractivity contribution in [1.82, 2.24) is 9.80 Å². The first-order chi connectivity index (χ1) is 7.13. The van der Waals surface area contributed by atoms with Gasteiger partial charge in [0.2, 0.25) is 0 Å². The van der Waals surface area contributed by atoms with E-state index in [4.69, 9.17) is 0 Å². The van der Waals surface area contributed by atoms with Gasteiger partial charge in [-0.15, -0.1) is 0 Å². The van der Waals surface area contributed by atoms with Crippen LogP contribution < -0.4 is 0 Å². The molecule has 1 rings (SSSR count). The quantitative estimate of drug-likeness (QED) is 0.694. The van der Waals surface area contributed by atoms with Gasteiger partial charge in [-0.2, -0.15) is 0 Å². The molecule has 0 saturated carbocycles. The lowest BCUT2D eigenvalue weighted by Crippen LogP contribution is -2.58. The lowest BCUT2D eigenvalue weighted by molar-refractivity contribution is 0.0437. The minimum Gasteiger partial charge on any atom is -0.301 e. The highest BCUT2D eigenvalue weighted by molar-refractivity contribution is 4.86. The molecule has 0 N–H and O–H groups in total. The van der Waals surface area contributed by atoms with Crippen molar-refractivity contribution >= 4 is 0 Å². The van der Waals surface area contributed by atoms with Crippen molar-refractivity contribution in [2.45, 2.75) is 47.1 Å². The van der Waals surface area contributed by atoms with Gasteiger partial charge >= 0.3 is 0 Å². The van der Waals surface area contributed by atoms with E-state index in [1.165, 1.54) is 32.6 Å². The van der Waals surface area contributed by atoms with Crippen LogP contribution in [0.3, 0.4) is 0 Å². The molecule has 15 heavy (non-hydrogen) atoms. The van der Waals surface area contributed by atoms with E-state index in [2.05, 4.69) is 37.6 Å². The zero-order valence-corrected chi connectivity index (χ0v) is 11.6. The summed E-state index contributed by atoms with van der Waals surface area (Å²) in [5, 5.41) is 0. The predicted molar refractivity (Wildman–Crippen MR) is 69.3 cm³/mol. The Hall–Kier alpha value is -0.0800. The molecule has 1 fully saturated rings. The van der Waals surface area contributed by atoms with Gasteiger partial charge in [0.05, 0.1) is 0 Å². The van der Waals surface area contributed by atoms with Gasteiger partial charge in [0.25, 0.3) is 0 Å². The molecule has 0 atom stereocenters. The van der Waals surface area contributed by atoms with E-state index in [-0.39, 0.29) is 0 Å². The molecule has 1 aliphatic rings. The minimum absolute atomic E-state index is 0.797. The molecule has 0 aliphatic carbocycles. The third kappa shape index (κ3) is 5.53. The molecular formula is C13H30N2. The summed E-state index contributed by atoms with van der Waals surface area (Å²) in [6.45, 7) is 15.9. The third-order valence-electron chi connectivity index (χ3n) is 2.75. The summed E-state index contributed by atoms with van der Waals surface area (Å²) in [5.41, 5.74) is 0. The number of rotatable bonds is 5. The van der Waals surface area contributed by atoms with Crippen LogP contribution in [-0.2, 0) is 0 Å². The van der Waals surface area contributed by atoms with Crippen LogP contribution >= 0.6 is 0 Å². The smallest absolute Gasteiger partial charge is 0.0347 e. The van der Waals surface area contributed by atoms with Gasteiger partial charge < -0.3 is 9.80 Å². The number of nitrogens with zero attached hydrogens (tertiary/aromatic N) is 2. The number of likely N-dealkylation sites (tertiary alicyclic amines) is 1. The molecule has 0 radical (unpaired) electrons. The molecule has 0 aromatic rings. The van der Waals surface area contributed by atoms with Crippen molar-refractivity contribution in [3.05, 3.63) is 0 Å². The van der Waals surface area contributed by atoms with Crippen molar-refractivity contribution in [3.63, 3.8) is 0 Å². The summed E-state index contributed by atoms with van der Waals surface area (Å²) in [6.07, 6.45) is 1.29. The van der Waals surface area contributed by atoms with E-state index in [9.17, 15) is 0 Å². The fourth-order valence-corrected chi connectivity index (χ4v) is 2.05. The summed E-state index contributed by atoms with van der Waals surface area (Å²) in [5.74, 6) is 0.797. The Morgan fingerprint density at radius 1 is 1.27 bits per heavy atom. The van der Waals surface area contributed by atoms with Crippen LogP contribution in [-0.4, -0.2) is 49.1 Å². The standard InChI is InChI=1S/C11H24N2.C2H6/c1-5-6-13-8-11(9-13)12(4)7-10(2)3;1-2/h10-11H,5-9H2,1-4H3;1-2H3. The number of hydrogen-bond acceptors (Lipinski definition) is 2. The average Bonchev–Trinajstić information content (AvgIpc) is 2.12. The highest BCUT2D eigenvalue weighted by Gasteiger charge is 2.28. The van der Waals surface area contributed by atoms with E-state index in [1.807, 2.05) is 13.8 Å². The van der Waals surface area contributed by atoms with Crippen molar-refractivity contribution in [2.75, 3.05) is 33.2 Å². The monoisotopic (exact) mass is 214 g/mol. The van der Waals surface area contributed by atoms with Crippen LogP contribution in [0.5, 0.6) is 0 Å². The Morgan fingerprint density at radius 3 is 2.20 bits per heavy atom. The molecule has 2 nitrogen and oxygen atoms in total. The summed E-state index contributed by atoms with van der Waals surface area (Å²) in [7, 11) is 2.26. The van der Waals surface area contributed by atoms with Gasteiger partial charge in [0.15, 0.2) is 0 Å². The second kappa shape index (κ2) is 8.12. The average molecular weight is 214 g/mol.